The molecular weight excluding hydrogens is 648 g/mol. The van der Waals surface area contributed by atoms with E-state index in [0.717, 1.165) is 69.8 Å². The molecule has 0 unspecified atom stereocenters. The quantitative estimate of drug-likeness (QED) is 0.188. The summed E-state index contributed by atoms with van der Waals surface area (Å²) in [5.74, 6) is -0.278. The van der Waals surface area contributed by atoms with Crippen molar-refractivity contribution in [3.63, 3.8) is 0 Å². The van der Waals surface area contributed by atoms with Gasteiger partial charge in [-0.2, -0.15) is 0 Å². The zero-order chi connectivity index (χ0) is 35.2. The lowest BCUT2D eigenvalue weighted by Gasteiger charge is -2.34. The van der Waals surface area contributed by atoms with E-state index in [1.54, 1.807) is 61.2 Å². The minimum absolute atomic E-state index is 0.0210. The van der Waals surface area contributed by atoms with Crippen molar-refractivity contribution < 1.29 is 18.4 Å². The van der Waals surface area contributed by atoms with Crippen molar-refractivity contribution in [1.29, 1.82) is 0 Å². The minimum atomic E-state index is -0.391. The number of halogens is 2. The summed E-state index contributed by atoms with van der Waals surface area (Å²) in [4.78, 5) is 43.5. The number of likely N-dealkylation sites (tertiary alicyclic amines) is 1. The molecule has 5 heterocycles. The predicted molar refractivity (Wildman–Crippen MR) is 192 cm³/mol. The van der Waals surface area contributed by atoms with Crippen LogP contribution in [0.5, 0.6) is 0 Å². The highest BCUT2D eigenvalue weighted by Crippen LogP contribution is 2.26. The van der Waals surface area contributed by atoms with Gasteiger partial charge in [-0.05, 0) is 85.8 Å². The molecule has 2 saturated heterocycles. The number of hydrogen-bond donors (Lipinski definition) is 2. The van der Waals surface area contributed by atoms with Crippen molar-refractivity contribution >= 4 is 17.6 Å². The smallest absolute Gasteiger partial charge is 0.251 e. The molecule has 0 bridgehead atoms. The number of nitrogens with zero attached hydrogens (tertiary/aromatic N) is 5. The van der Waals surface area contributed by atoms with E-state index in [4.69, 9.17) is 4.98 Å². The molecule has 0 saturated carbocycles. The SMILES string of the molecule is O=C(NC1CCN(Cc2ccc(N3CCC(NC(=O)c4ccc(F)c(-c5cccnc5)c4)CC3)nc2)CC1)c1ccc(F)c(-c2cccnc2)c1. The highest BCUT2D eigenvalue weighted by Gasteiger charge is 2.24. The summed E-state index contributed by atoms with van der Waals surface area (Å²) in [7, 11) is 0. The monoisotopic (exact) mass is 687 g/mol. The van der Waals surface area contributed by atoms with Crippen LogP contribution >= 0.6 is 0 Å². The Labute approximate surface area is 295 Å². The zero-order valence-electron chi connectivity index (χ0n) is 28.1. The first kappa shape index (κ1) is 33.9. The second-order valence-electron chi connectivity index (χ2n) is 13.2. The van der Waals surface area contributed by atoms with Gasteiger partial charge in [0.2, 0.25) is 0 Å². The molecule has 2 aliphatic heterocycles. The fourth-order valence-corrected chi connectivity index (χ4v) is 6.80. The van der Waals surface area contributed by atoms with Crippen molar-refractivity contribution in [3.8, 4) is 22.3 Å². The first-order valence-electron chi connectivity index (χ1n) is 17.3. The average Bonchev–Trinajstić information content (AvgIpc) is 3.17. The van der Waals surface area contributed by atoms with Crippen LogP contribution in [0.15, 0.2) is 104 Å². The molecule has 2 N–H and O–H groups in total. The molecule has 2 aromatic carbocycles. The van der Waals surface area contributed by atoms with Crippen LogP contribution in [0.3, 0.4) is 0 Å². The van der Waals surface area contributed by atoms with Gasteiger partial charge < -0.3 is 15.5 Å². The van der Waals surface area contributed by atoms with Gasteiger partial charge in [0.1, 0.15) is 17.5 Å². The third-order valence-electron chi connectivity index (χ3n) is 9.69. The molecule has 2 aliphatic rings. The molecule has 11 heteroatoms. The van der Waals surface area contributed by atoms with Gasteiger partial charge in [-0.25, -0.2) is 13.8 Å². The molecule has 3 aromatic heterocycles. The third kappa shape index (κ3) is 8.26. The number of nitrogens with one attached hydrogen (secondary N) is 2. The number of carbonyl (C=O) groups excluding carboxylic acids is 2. The second kappa shape index (κ2) is 15.6. The summed E-state index contributed by atoms with van der Waals surface area (Å²) in [6.45, 7) is 4.01. The van der Waals surface area contributed by atoms with Crippen LogP contribution in [0.4, 0.5) is 14.6 Å². The van der Waals surface area contributed by atoms with Gasteiger partial charge in [0.15, 0.2) is 0 Å². The summed E-state index contributed by atoms with van der Waals surface area (Å²) >= 11 is 0. The van der Waals surface area contributed by atoms with Gasteiger partial charge in [0, 0.05) is 109 Å². The van der Waals surface area contributed by atoms with Gasteiger partial charge in [0.05, 0.1) is 0 Å². The Morgan fingerprint density at radius 3 is 1.67 bits per heavy atom. The number of hydrogen-bond acceptors (Lipinski definition) is 7. The summed E-state index contributed by atoms with van der Waals surface area (Å²) in [6.07, 6.45) is 11.6. The number of piperidine rings is 2. The van der Waals surface area contributed by atoms with Crippen LogP contribution in [0.2, 0.25) is 0 Å². The van der Waals surface area contributed by atoms with E-state index in [1.807, 2.05) is 6.20 Å². The maximum absolute atomic E-state index is 14.5. The number of rotatable bonds is 9. The maximum Gasteiger partial charge on any atom is 0.251 e. The van der Waals surface area contributed by atoms with Gasteiger partial charge in [0.25, 0.3) is 11.8 Å². The second-order valence-corrected chi connectivity index (χ2v) is 13.2. The molecule has 7 rings (SSSR count). The summed E-state index contributed by atoms with van der Waals surface area (Å²) in [5.41, 5.74) is 3.95. The lowest BCUT2D eigenvalue weighted by atomic mass is 10.0. The lowest BCUT2D eigenvalue weighted by molar-refractivity contribution is 0.0906. The van der Waals surface area contributed by atoms with Crippen molar-refractivity contribution in [2.24, 2.45) is 0 Å². The van der Waals surface area contributed by atoms with Crippen LogP contribution in [0.25, 0.3) is 22.3 Å². The Kier molecular flexibility index (Phi) is 10.3. The third-order valence-corrected chi connectivity index (χ3v) is 9.69. The van der Waals surface area contributed by atoms with Crippen LogP contribution in [-0.2, 0) is 6.54 Å². The van der Waals surface area contributed by atoms with E-state index in [2.05, 4.69) is 42.5 Å². The first-order valence-corrected chi connectivity index (χ1v) is 17.3. The van der Waals surface area contributed by atoms with Gasteiger partial charge >= 0.3 is 0 Å². The minimum Gasteiger partial charge on any atom is -0.356 e. The lowest BCUT2D eigenvalue weighted by Crippen LogP contribution is -2.45. The number of amides is 2. The van der Waals surface area contributed by atoms with Crippen molar-refractivity contribution in [2.75, 3.05) is 31.1 Å². The zero-order valence-corrected chi connectivity index (χ0v) is 28.1. The van der Waals surface area contributed by atoms with Crippen LogP contribution in [0, 0.1) is 11.6 Å². The van der Waals surface area contributed by atoms with Crippen molar-refractivity contribution in [3.05, 3.63) is 132 Å². The average molecular weight is 688 g/mol. The number of benzene rings is 2. The van der Waals surface area contributed by atoms with E-state index >= 15 is 0 Å². The fraction of sp³-hybridized carbons (Fsp3) is 0.275. The summed E-state index contributed by atoms with van der Waals surface area (Å²) in [5, 5.41) is 6.26. The standard InChI is InChI=1S/C40H39F2N7O2/c41-36-8-6-28(21-34(36)30-3-1-15-43-24-30)39(50)46-32-11-17-48(18-12-32)26-27-5-10-38(45-23-27)49-19-13-33(14-20-49)47-40(51)29-7-9-37(42)35(22-29)31-4-2-16-44-25-31/h1-10,15-16,21-25,32-33H,11-14,17-20,26H2,(H,46,50)(H,47,51). The Balaban J connectivity index is 0.853. The molecule has 9 nitrogen and oxygen atoms in total. The number of carbonyl (C=O) groups is 2. The molecule has 0 atom stereocenters. The molecule has 2 fully saturated rings. The van der Waals surface area contributed by atoms with E-state index in [0.29, 0.717) is 33.4 Å². The van der Waals surface area contributed by atoms with Gasteiger partial charge in [-0.15, -0.1) is 0 Å². The van der Waals surface area contributed by atoms with E-state index in [-0.39, 0.29) is 29.7 Å². The highest BCUT2D eigenvalue weighted by molar-refractivity contribution is 5.96. The van der Waals surface area contributed by atoms with Crippen LogP contribution in [0.1, 0.15) is 52.0 Å². The Morgan fingerprint density at radius 1 is 0.667 bits per heavy atom. The number of pyridine rings is 3. The highest BCUT2D eigenvalue weighted by atomic mass is 19.1. The maximum atomic E-state index is 14.5. The molecule has 0 spiro atoms. The van der Waals surface area contributed by atoms with Crippen LogP contribution < -0.4 is 15.5 Å². The molecule has 0 radical (unpaired) electrons. The molecule has 0 aliphatic carbocycles. The molecule has 5 aromatic rings. The molecule has 260 valence electrons. The number of anilines is 1. The largest absolute Gasteiger partial charge is 0.356 e. The fourth-order valence-electron chi connectivity index (χ4n) is 6.80. The Hall–Kier alpha value is -5.55. The van der Waals surface area contributed by atoms with Crippen molar-refractivity contribution in [2.45, 2.75) is 44.3 Å². The molecule has 51 heavy (non-hydrogen) atoms. The predicted octanol–water partition coefficient (Wildman–Crippen LogP) is 6.28. The van der Waals surface area contributed by atoms with E-state index in [9.17, 15) is 18.4 Å². The Bertz CT molecular complexity index is 1960. The first-order chi connectivity index (χ1) is 24.9. The molecule has 2 amide bonds. The normalized spacial score (nSPS) is 15.8. The van der Waals surface area contributed by atoms with Crippen molar-refractivity contribution in [1.82, 2.24) is 30.5 Å². The summed E-state index contributed by atoms with van der Waals surface area (Å²) < 4.78 is 29.0. The molecular formula is C40H39F2N7O2. The van der Waals surface area contributed by atoms with Crippen LogP contribution in [-0.4, -0.2) is 69.9 Å². The summed E-state index contributed by atoms with van der Waals surface area (Å²) in [6, 6.07) is 20.1. The van der Waals surface area contributed by atoms with Gasteiger partial charge in [-0.3, -0.25) is 24.5 Å². The van der Waals surface area contributed by atoms with Gasteiger partial charge in [-0.1, -0.05) is 18.2 Å². The van der Waals surface area contributed by atoms with E-state index in [1.165, 1.54) is 24.3 Å². The number of aromatic nitrogens is 3. The Morgan fingerprint density at radius 2 is 1.20 bits per heavy atom. The topological polar surface area (TPSA) is 103 Å². The van der Waals surface area contributed by atoms with E-state index < -0.39 is 5.82 Å².